The standard InChI is InChI=1S/C14H18N4/c1-9-4-11(15)2-3-14(9)18-8-10-5-12(16)7-13(17)6-10/h2-7,18H,8,15-17H2,1H3. The monoisotopic (exact) mass is 242 g/mol. The molecule has 0 radical (unpaired) electrons. The molecule has 7 N–H and O–H groups in total. The summed E-state index contributed by atoms with van der Waals surface area (Å²) in [5.74, 6) is 0. The summed E-state index contributed by atoms with van der Waals surface area (Å²) in [6.45, 7) is 2.70. The largest absolute Gasteiger partial charge is 0.399 e. The molecule has 4 nitrogen and oxygen atoms in total. The van der Waals surface area contributed by atoms with Crippen LogP contribution in [0.4, 0.5) is 22.7 Å². The van der Waals surface area contributed by atoms with Crippen molar-refractivity contribution in [3.8, 4) is 0 Å². The van der Waals surface area contributed by atoms with Gasteiger partial charge < -0.3 is 22.5 Å². The van der Waals surface area contributed by atoms with E-state index in [9.17, 15) is 0 Å². The predicted molar refractivity (Wildman–Crippen MR) is 78.2 cm³/mol. The maximum Gasteiger partial charge on any atom is 0.0402 e. The van der Waals surface area contributed by atoms with Crippen molar-refractivity contribution in [2.45, 2.75) is 13.5 Å². The smallest absolute Gasteiger partial charge is 0.0402 e. The molecule has 0 atom stereocenters. The Bertz CT molecular complexity index is 543. The summed E-state index contributed by atoms with van der Waals surface area (Å²) < 4.78 is 0. The zero-order valence-electron chi connectivity index (χ0n) is 10.4. The molecule has 4 heteroatoms. The Kier molecular flexibility index (Phi) is 3.28. The summed E-state index contributed by atoms with van der Waals surface area (Å²) in [6, 6.07) is 11.4. The van der Waals surface area contributed by atoms with E-state index >= 15 is 0 Å². The summed E-state index contributed by atoms with van der Waals surface area (Å²) in [7, 11) is 0. The first kappa shape index (κ1) is 12.1. The third kappa shape index (κ3) is 2.85. The maximum absolute atomic E-state index is 5.75. The Morgan fingerprint density at radius 2 is 1.56 bits per heavy atom. The Hall–Kier alpha value is -2.36. The number of rotatable bonds is 3. The van der Waals surface area contributed by atoms with Gasteiger partial charge in [0, 0.05) is 29.3 Å². The average molecular weight is 242 g/mol. The molecule has 2 aromatic carbocycles. The molecule has 0 unspecified atom stereocenters. The third-order valence-electron chi connectivity index (χ3n) is 2.77. The van der Waals surface area contributed by atoms with Crippen LogP contribution in [0, 0.1) is 6.92 Å². The zero-order chi connectivity index (χ0) is 13.1. The summed E-state index contributed by atoms with van der Waals surface area (Å²) in [6.07, 6.45) is 0. The maximum atomic E-state index is 5.75. The lowest BCUT2D eigenvalue weighted by atomic mass is 10.1. The van der Waals surface area contributed by atoms with Crippen molar-refractivity contribution in [3.63, 3.8) is 0 Å². The van der Waals surface area contributed by atoms with Gasteiger partial charge in [-0.25, -0.2) is 0 Å². The van der Waals surface area contributed by atoms with E-state index in [1.165, 1.54) is 0 Å². The van der Waals surface area contributed by atoms with Crippen LogP contribution in [0.15, 0.2) is 36.4 Å². The molecule has 0 saturated heterocycles. The molecule has 18 heavy (non-hydrogen) atoms. The number of aryl methyl sites for hydroxylation is 1. The van der Waals surface area contributed by atoms with Crippen LogP contribution < -0.4 is 22.5 Å². The second-order valence-electron chi connectivity index (χ2n) is 4.44. The van der Waals surface area contributed by atoms with Crippen molar-refractivity contribution < 1.29 is 0 Å². The van der Waals surface area contributed by atoms with Crippen molar-refractivity contribution in [1.29, 1.82) is 0 Å². The van der Waals surface area contributed by atoms with Crippen molar-refractivity contribution in [1.82, 2.24) is 0 Å². The second kappa shape index (κ2) is 4.87. The number of nitrogens with one attached hydrogen (secondary N) is 1. The van der Waals surface area contributed by atoms with Gasteiger partial charge in [0.15, 0.2) is 0 Å². The quantitative estimate of drug-likeness (QED) is 0.622. The molecule has 0 aliphatic carbocycles. The molecule has 0 aliphatic heterocycles. The first-order valence-electron chi connectivity index (χ1n) is 5.79. The van der Waals surface area contributed by atoms with Crippen LogP contribution in [0.25, 0.3) is 0 Å². The molecule has 0 amide bonds. The zero-order valence-corrected chi connectivity index (χ0v) is 10.4. The molecule has 2 aromatic rings. The van der Waals surface area contributed by atoms with Gasteiger partial charge in [0.25, 0.3) is 0 Å². The minimum Gasteiger partial charge on any atom is -0.399 e. The first-order chi connectivity index (χ1) is 8.54. The molecule has 0 bridgehead atoms. The minimum atomic E-state index is 0.681. The number of anilines is 4. The first-order valence-corrected chi connectivity index (χ1v) is 5.79. The van der Waals surface area contributed by atoms with Gasteiger partial charge in [-0.3, -0.25) is 0 Å². The van der Waals surface area contributed by atoms with Gasteiger partial charge >= 0.3 is 0 Å². The van der Waals surface area contributed by atoms with Crippen LogP contribution in [0.5, 0.6) is 0 Å². The van der Waals surface area contributed by atoms with E-state index in [4.69, 9.17) is 17.2 Å². The Morgan fingerprint density at radius 1 is 0.889 bits per heavy atom. The topological polar surface area (TPSA) is 90.1 Å². The van der Waals surface area contributed by atoms with E-state index in [0.29, 0.717) is 17.9 Å². The SMILES string of the molecule is Cc1cc(N)ccc1NCc1cc(N)cc(N)c1. The molecule has 0 saturated carbocycles. The highest BCUT2D eigenvalue weighted by Gasteiger charge is 2.00. The molecule has 2 rings (SSSR count). The fourth-order valence-corrected chi connectivity index (χ4v) is 1.93. The predicted octanol–water partition coefficient (Wildman–Crippen LogP) is 2.35. The van der Waals surface area contributed by atoms with Crippen molar-refractivity contribution >= 4 is 22.7 Å². The normalized spacial score (nSPS) is 10.3. The van der Waals surface area contributed by atoms with Gasteiger partial charge in [-0.05, 0) is 54.4 Å². The van der Waals surface area contributed by atoms with Gasteiger partial charge in [-0.1, -0.05) is 0 Å². The highest BCUT2D eigenvalue weighted by Crippen LogP contribution is 2.20. The Morgan fingerprint density at radius 3 is 2.17 bits per heavy atom. The van der Waals surface area contributed by atoms with Gasteiger partial charge in [0.2, 0.25) is 0 Å². The number of hydrogen-bond donors (Lipinski definition) is 4. The average Bonchev–Trinajstić information content (AvgIpc) is 2.26. The van der Waals surface area contributed by atoms with Crippen LogP contribution in [0.2, 0.25) is 0 Å². The summed E-state index contributed by atoms with van der Waals surface area (Å²) in [5.41, 5.74) is 22.6. The molecule has 94 valence electrons. The van der Waals surface area contributed by atoms with E-state index in [1.54, 1.807) is 6.07 Å². The van der Waals surface area contributed by atoms with Gasteiger partial charge in [-0.2, -0.15) is 0 Å². The number of nitrogens with two attached hydrogens (primary N) is 3. The van der Waals surface area contributed by atoms with Crippen LogP contribution >= 0.6 is 0 Å². The highest BCUT2D eigenvalue weighted by atomic mass is 14.9. The third-order valence-corrected chi connectivity index (χ3v) is 2.77. The number of nitrogen functional groups attached to an aromatic ring is 3. The lowest BCUT2D eigenvalue weighted by Crippen LogP contribution is -2.03. The highest BCUT2D eigenvalue weighted by molar-refractivity contribution is 5.59. The van der Waals surface area contributed by atoms with Gasteiger partial charge in [0.05, 0.1) is 0 Å². The summed E-state index contributed by atoms with van der Waals surface area (Å²) >= 11 is 0. The summed E-state index contributed by atoms with van der Waals surface area (Å²) in [4.78, 5) is 0. The van der Waals surface area contributed by atoms with Crippen LogP contribution in [0.3, 0.4) is 0 Å². The van der Waals surface area contributed by atoms with Crippen molar-refractivity contribution in [2.75, 3.05) is 22.5 Å². The van der Waals surface area contributed by atoms with Crippen LogP contribution in [0.1, 0.15) is 11.1 Å². The summed E-state index contributed by atoms with van der Waals surface area (Å²) in [5, 5.41) is 3.34. The fraction of sp³-hybridized carbons (Fsp3) is 0.143. The van der Waals surface area contributed by atoms with E-state index in [1.807, 2.05) is 37.3 Å². The lowest BCUT2D eigenvalue weighted by molar-refractivity contribution is 1.14. The lowest BCUT2D eigenvalue weighted by Gasteiger charge is -2.11. The number of benzene rings is 2. The van der Waals surface area contributed by atoms with Crippen molar-refractivity contribution in [3.05, 3.63) is 47.5 Å². The molecule has 0 heterocycles. The fourth-order valence-electron chi connectivity index (χ4n) is 1.93. The van der Waals surface area contributed by atoms with E-state index in [2.05, 4.69) is 5.32 Å². The molecular formula is C14H18N4. The second-order valence-corrected chi connectivity index (χ2v) is 4.44. The van der Waals surface area contributed by atoms with Gasteiger partial charge in [0.1, 0.15) is 0 Å². The van der Waals surface area contributed by atoms with E-state index in [-0.39, 0.29) is 0 Å². The van der Waals surface area contributed by atoms with Crippen molar-refractivity contribution in [2.24, 2.45) is 0 Å². The van der Waals surface area contributed by atoms with E-state index in [0.717, 1.165) is 22.5 Å². The molecular weight excluding hydrogens is 224 g/mol. The van der Waals surface area contributed by atoms with Crippen LogP contribution in [-0.2, 0) is 6.54 Å². The molecule has 0 spiro atoms. The van der Waals surface area contributed by atoms with E-state index < -0.39 is 0 Å². The number of hydrogen-bond acceptors (Lipinski definition) is 4. The Balaban J connectivity index is 2.11. The van der Waals surface area contributed by atoms with Crippen LogP contribution in [-0.4, -0.2) is 0 Å². The minimum absolute atomic E-state index is 0.681. The molecule has 0 aromatic heterocycles. The Labute approximate surface area is 107 Å². The molecule has 0 aliphatic rings. The molecule has 0 fully saturated rings. The van der Waals surface area contributed by atoms with Gasteiger partial charge in [-0.15, -0.1) is 0 Å².